The molecule has 0 saturated carbocycles. The number of phenols is 2. The van der Waals surface area contributed by atoms with Crippen LogP contribution in [0.15, 0.2) is 45.0 Å². The van der Waals surface area contributed by atoms with E-state index < -0.39 is 7.32 Å². The zero-order valence-electron chi connectivity index (χ0n) is 14.7. The summed E-state index contributed by atoms with van der Waals surface area (Å²) in [5, 5.41) is 45.2. The van der Waals surface area contributed by atoms with Gasteiger partial charge in [-0.3, -0.25) is 0 Å². The molecule has 0 atom stereocenters. The van der Waals surface area contributed by atoms with Gasteiger partial charge in [0.2, 0.25) is 0 Å². The predicted molar refractivity (Wildman–Crippen MR) is 132 cm³/mol. The molecule has 9 nitrogen and oxygen atoms in total. The molecule has 0 bridgehead atoms. The summed E-state index contributed by atoms with van der Waals surface area (Å²) >= 11 is 8.25. The Hall–Kier alpha value is 1.42. The van der Waals surface area contributed by atoms with Crippen molar-refractivity contribution >= 4 is 97.7 Å². The fourth-order valence-electron chi connectivity index (χ4n) is 1.85. The maximum Gasteiger partial charge on any atom is 1.00 e. The zero-order chi connectivity index (χ0) is 20.7. The molecule has 2 aromatic carbocycles. The van der Waals surface area contributed by atoms with Crippen LogP contribution in [0, 0.1) is 14.3 Å². The average molecular weight is 872 g/mol. The molecule has 29 heavy (non-hydrogen) atoms. The van der Waals surface area contributed by atoms with Crippen LogP contribution < -0.4 is 56.4 Å². The molecule has 0 spiro atoms. The molecule has 0 aliphatic carbocycles. The van der Waals surface area contributed by atoms with Crippen LogP contribution in [0.2, 0.25) is 0 Å². The third-order valence-corrected chi connectivity index (χ3v) is 5.97. The Morgan fingerprint density at radius 1 is 0.793 bits per heavy atom. The fraction of sp³-hybridized carbons (Fsp3) is 0.143. The van der Waals surface area contributed by atoms with E-state index in [1.54, 1.807) is 12.1 Å². The molecule has 0 radical (unpaired) electrons. The van der Waals surface area contributed by atoms with Gasteiger partial charge in [0.1, 0.15) is 11.5 Å². The van der Waals surface area contributed by atoms with Crippen molar-refractivity contribution in [2.24, 2.45) is 20.8 Å². The Morgan fingerprint density at radius 2 is 1.17 bits per heavy atom. The van der Waals surface area contributed by atoms with E-state index >= 15 is 0 Å². The third-order valence-electron chi connectivity index (χ3n) is 3.08. The molecule has 0 amide bonds. The molecule has 148 valence electrons. The molecule has 0 heterocycles. The van der Waals surface area contributed by atoms with Crippen molar-refractivity contribution in [3.63, 3.8) is 0 Å². The smallest absolute Gasteiger partial charge is 0.805 e. The second-order valence-electron chi connectivity index (χ2n) is 5.05. The topological polar surface area (TPSA) is 131 Å². The van der Waals surface area contributed by atoms with Crippen LogP contribution in [-0.4, -0.2) is 17.5 Å². The standard InChI is InChI=1S/C14H10BI4N4O5.K/c16-9-1-7(13(24)11(18)3-9)5-20-22-27-15(26)28-23-21-6-8-2-10(17)4-12(19)14(8)25;/h1-4,24-25H,5-6H2;/q-1;+1/b22-20+,23-21+;. The summed E-state index contributed by atoms with van der Waals surface area (Å²) in [4.78, 5) is 0. The van der Waals surface area contributed by atoms with Gasteiger partial charge in [0.05, 0.1) is 20.2 Å². The van der Waals surface area contributed by atoms with Crippen LogP contribution >= 0.6 is 90.4 Å². The van der Waals surface area contributed by atoms with Crippen molar-refractivity contribution in [3.8, 4) is 11.5 Å². The minimum absolute atomic E-state index is 0. The minimum atomic E-state index is -2.04. The maximum absolute atomic E-state index is 11.4. The Bertz CT molecular complexity index is 837. The third kappa shape index (κ3) is 9.84. The van der Waals surface area contributed by atoms with Gasteiger partial charge in [-0.25, -0.2) is 0 Å². The molecular formula is C14H10BI4KN4O5. The van der Waals surface area contributed by atoms with Gasteiger partial charge in [0, 0.05) is 28.8 Å². The largest absolute Gasteiger partial charge is 1.00 e. The van der Waals surface area contributed by atoms with Gasteiger partial charge in [-0.2, -0.15) is 10.2 Å². The normalized spacial score (nSPS) is 10.9. The van der Waals surface area contributed by atoms with Crippen molar-refractivity contribution in [1.82, 2.24) is 0 Å². The molecule has 2 rings (SSSR count). The quantitative estimate of drug-likeness (QED) is 0.179. The number of phenolic OH excluding ortho intramolecular Hbond substituents is 2. The van der Waals surface area contributed by atoms with Crippen molar-refractivity contribution in [2.45, 2.75) is 13.1 Å². The van der Waals surface area contributed by atoms with E-state index in [0.29, 0.717) is 18.3 Å². The van der Waals surface area contributed by atoms with E-state index in [2.05, 4.69) is 75.5 Å². The van der Waals surface area contributed by atoms with Crippen molar-refractivity contribution in [2.75, 3.05) is 0 Å². The van der Waals surface area contributed by atoms with Gasteiger partial charge in [-0.05, 0) is 115 Å². The minimum Gasteiger partial charge on any atom is -0.805 e. The van der Waals surface area contributed by atoms with Crippen molar-refractivity contribution in [3.05, 3.63) is 49.7 Å². The molecule has 0 unspecified atom stereocenters. The van der Waals surface area contributed by atoms with E-state index in [1.165, 1.54) is 0 Å². The van der Waals surface area contributed by atoms with E-state index in [-0.39, 0.29) is 76.0 Å². The van der Waals surface area contributed by atoms with E-state index in [9.17, 15) is 15.2 Å². The summed E-state index contributed by atoms with van der Waals surface area (Å²) in [6.45, 7) is 0.0783. The first-order valence-electron chi connectivity index (χ1n) is 7.32. The number of benzene rings is 2. The SMILES string of the molecule is [K+].[O-]B(O/N=N/Cc1cc(I)cc(I)c1O)O/N=N/Cc1cc(I)cc(I)c1O. The first-order valence-corrected chi connectivity index (χ1v) is 11.6. The Kier molecular flexibility index (Phi) is 14.3. The number of hydrogen-bond acceptors (Lipinski definition) is 9. The number of aromatic hydroxyl groups is 2. The van der Waals surface area contributed by atoms with Gasteiger partial charge in [0.15, 0.2) is 0 Å². The van der Waals surface area contributed by atoms with Crippen LogP contribution in [0.25, 0.3) is 0 Å². The molecule has 2 N–H and O–H groups in total. The molecule has 0 saturated heterocycles. The van der Waals surface area contributed by atoms with Gasteiger partial charge in [-0.15, -0.1) is 0 Å². The van der Waals surface area contributed by atoms with Crippen LogP contribution in [0.3, 0.4) is 0 Å². The molecule has 0 fully saturated rings. The average Bonchev–Trinajstić information content (AvgIpc) is 2.63. The van der Waals surface area contributed by atoms with E-state index in [0.717, 1.165) is 7.14 Å². The summed E-state index contributed by atoms with van der Waals surface area (Å²) in [7, 11) is -2.04. The van der Waals surface area contributed by atoms with Gasteiger partial charge in [-0.1, -0.05) is 0 Å². The summed E-state index contributed by atoms with van der Waals surface area (Å²) in [6.07, 6.45) is 0. The van der Waals surface area contributed by atoms with E-state index in [4.69, 9.17) is 0 Å². The Labute approximate surface area is 264 Å². The van der Waals surface area contributed by atoms with Crippen molar-refractivity contribution < 1.29 is 76.1 Å². The van der Waals surface area contributed by atoms with Gasteiger partial charge >= 0.3 is 58.7 Å². The summed E-state index contributed by atoms with van der Waals surface area (Å²) in [5.41, 5.74) is 1.11. The summed E-state index contributed by atoms with van der Waals surface area (Å²) in [5.74, 6) is 0.217. The zero-order valence-corrected chi connectivity index (χ0v) is 26.5. The van der Waals surface area contributed by atoms with Crippen LogP contribution in [0.5, 0.6) is 11.5 Å². The number of nitrogens with zero attached hydrogens (tertiary/aromatic N) is 4. The van der Waals surface area contributed by atoms with Crippen LogP contribution in [0.1, 0.15) is 11.1 Å². The van der Waals surface area contributed by atoms with Gasteiger partial charge < -0.3 is 24.7 Å². The molecule has 2 aromatic rings. The van der Waals surface area contributed by atoms with Crippen LogP contribution in [-0.2, 0) is 22.6 Å². The monoisotopic (exact) mass is 872 g/mol. The maximum atomic E-state index is 11.4. The van der Waals surface area contributed by atoms with Crippen LogP contribution in [0.4, 0.5) is 0 Å². The summed E-state index contributed by atoms with van der Waals surface area (Å²) in [6, 6.07) is 7.13. The summed E-state index contributed by atoms with van der Waals surface area (Å²) < 4.78 is 12.2. The molecular weight excluding hydrogens is 862 g/mol. The molecule has 0 aliphatic rings. The fourth-order valence-corrected chi connectivity index (χ4v) is 5.78. The van der Waals surface area contributed by atoms with Gasteiger partial charge in [0.25, 0.3) is 0 Å². The molecule has 15 heteroatoms. The number of halogens is 4. The second-order valence-corrected chi connectivity index (χ2v) is 9.87. The number of rotatable bonds is 8. The first-order chi connectivity index (χ1) is 13.3. The molecule has 0 aliphatic heterocycles. The predicted octanol–water partition coefficient (Wildman–Crippen LogP) is 1.33. The number of hydrogen-bond donors (Lipinski definition) is 2. The first kappa shape index (κ1) is 28.5. The Morgan fingerprint density at radius 3 is 1.55 bits per heavy atom. The Balaban J connectivity index is 0.00000420. The second kappa shape index (κ2) is 14.5. The van der Waals surface area contributed by atoms with E-state index in [1.807, 2.05) is 57.3 Å². The van der Waals surface area contributed by atoms with Crippen molar-refractivity contribution in [1.29, 1.82) is 0 Å². The molecule has 0 aromatic heterocycles.